The number of rotatable bonds is 2. The molecular formula is C11H11N3O3S. The topological polar surface area (TPSA) is 77.1 Å². The molecule has 0 aliphatic carbocycles. The fraction of sp³-hybridized carbons (Fsp3) is 0.182. The number of phenols is 1. The first-order valence-electron chi connectivity index (χ1n) is 5.10. The van der Waals surface area contributed by atoms with Crippen molar-refractivity contribution in [2.45, 2.75) is 9.92 Å². The second-order valence-corrected chi connectivity index (χ2v) is 4.74. The number of benzene rings is 1. The Kier molecular flexibility index (Phi) is 3.24. The number of aryl methyl sites for hydroxylation is 1. The minimum atomic E-state index is -0.472. The summed E-state index contributed by atoms with van der Waals surface area (Å²) in [6.45, 7) is 0. The minimum Gasteiger partial charge on any atom is -0.508 e. The van der Waals surface area contributed by atoms with Crippen LogP contribution in [0.25, 0.3) is 0 Å². The molecule has 0 aliphatic rings. The van der Waals surface area contributed by atoms with Gasteiger partial charge >= 0.3 is 5.69 Å². The summed E-state index contributed by atoms with van der Waals surface area (Å²) in [7, 11) is 2.88. The van der Waals surface area contributed by atoms with Crippen LogP contribution in [0.15, 0.2) is 43.8 Å². The first-order chi connectivity index (χ1) is 8.49. The molecule has 1 N–H and O–H groups in total. The number of nitrogens with zero attached hydrogens (tertiary/aromatic N) is 3. The second kappa shape index (κ2) is 4.69. The maximum Gasteiger partial charge on any atom is 0.346 e. The smallest absolute Gasteiger partial charge is 0.346 e. The van der Waals surface area contributed by atoms with Crippen LogP contribution in [-0.2, 0) is 14.1 Å². The molecule has 0 saturated heterocycles. The Morgan fingerprint density at radius 3 is 2.67 bits per heavy atom. The molecule has 0 aliphatic heterocycles. The molecule has 0 bridgehead atoms. The van der Waals surface area contributed by atoms with Crippen molar-refractivity contribution in [2.24, 2.45) is 14.1 Å². The van der Waals surface area contributed by atoms with Crippen LogP contribution < -0.4 is 11.2 Å². The van der Waals surface area contributed by atoms with E-state index in [4.69, 9.17) is 0 Å². The van der Waals surface area contributed by atoms with Crippen LogP contribution in [0.3, 0.4) is 0 Å². The quantitative estimate of drug-likeness (QED) is 0.847. The maximum absolute atomic E-state index is 11.8. The van der Waals surface area contributed by atoms with Crippen molar-refractivity contribution in [3.05, 3.63) is 45.1 Å². The summed E-state index contributed by atoms with van der Waals surface area (Å²) in [5.41, 5.74) is -0.924. The summed E-state index contributed by atoms with van der Waals surface area (Å²) in [5.74, 6) is 0.113. The van der Waals surface area contributed by atoms with Crippen LogP contribution >= 0.6 is 11.8 Å². The van der Waals surface area contributed by atoms with E-state index in [0.29, 0.717) is 4.90 Å². The van der Waals surface area contributed by atoms with Gasteiger partial charge in [-0.2, -0.15) is 5.10 Å². The van der Waals surface area contributed by atoms with Crippen molar-refractivity contribution in [1.29, 1.82) is 0 Å². The summed E-state index contributed by atoms with van der Waals surface area (Å²) >= 11 is 1.10. The predicted molar refractivity (Wildman–Crippen MR) is 66.9 cm³/mol. The van der Waals surface area contributed by atoms with Gasteiger partial charge < -0.3 is 5.11 Å². The van der Waals surface area contributed by atoms with Crippen LogP contribution in [-0.4, -0.2) is 19.5 Å². The number of aromatic nitrogens is 3. The van der Waals surface area contributed by atoms with Crippen molar-refractivity contribution in [1.82, 2.24) is 14.3 Å². The van der Waals surface area contributed by atoms with Gasteiger partial charge in [-0.1, -0.05) is 17.8 Å². The predicted octanol–water partition coefficient (Wildman–Crippen LogP) is 0.336. The van der Waals surface area contributed by atoms with E-state index in [2.05, 4.69) is 5.10 Å². The molecule has 0 amide bonds. The molecule has 18 heavy (non-hydrogen) atoms. The van der Waals surface area contributed by atoms with Gasteiger partial charge in [0.15, 0.2) is 5.03 Å². The molecule has 2 aromatic rings. The van der Waals surface area contributed by atoms with Crippen LogP contribution in [0.2, 0.25) is 0 Å². The van der Waals surface area contributed by atoms with Gasteiger partial charge in [-0.05, 0) is 18.2 Å². The minimum absolute atomic E-state index is 0.113. The first-order valence-corrected chi connectivity index (χ1v) is 5.92. The average Bonchev–Trinajstić information content (AvgIpc) is 2.33. The zero-order valence-electron chi connectivity index (χ0n) is 9.82. The Labute approximate surface area is 107 Å². The van der Waals surface area contributed by atoms with E-state index in [1.54, 1.807) is 12.1 Å². The summed E-state index contributed by atoms with van der Waals surface area (Å²) in [4.78, 5) is 24.0. The van der Waals surface area contributed by atoms with Gasteiger partial charge in [0, 0.05) is 19.0 Å². The molecule has 0 radical (unpaired) electrons. The Hall–Kier alpha value is -2.02. The molecule has 6 nitrogen and oxygen atoms in total. The fourth-order valence-electron chi connectivity index (χ4n) is 1.39. The monoisotopic (exact) mass is 265 g/mol. The lowest BCUT2D eigenvalue weighted by Gasteiger charge is -2.05. The number of phenolic OH excluding ortho intramolecular Hbond substituents is 1. The lowest BCUT2D eigenvalue weighted by atomic mass is 10.3. The fourth-order valence-corrected chi connectivity index (χ4v) is 2.33. The lowest BCUT2D eigenvalue weighted by molar-refractivity contribution is 0.474. The molecule has 1 aromatic carbocycles. The van der Waals surface area contributed by atoms with Gasteiger partial charge in [0.05, 0.1) is 0 Å². The van der Waals surface area contributed by atoms with Crippen molar-refractivity contribution < 1.29 is 5.11 Å². The Morgan fingerprint density at radius 2 is 2.00 bits per heavy atom. The SMILES string of the molecule is Cn1nc(Sc2cccc(O)c2)c(=O)n(C)c1=O. The number of hydrogen-bond donors (Lipinski definition) is 1. The van der Waals surface area contributed by atoms with Gasteiger partial charge in [-0.15, -0.1) is 0 Å². The number of hydrogen-bond acceptors (Lipinski definition) is 5. The Morgan fingerprint density at radius 1 is 1.28 bits per heavy atom. The zero-order valence-corrected chi connectivity index (χ0v) is 10.6. The zero-order chi connectivity index (χ0) is 13.3. The summed E-state index contributed by atoms with van der Waals surface area (Å²) < 4.78 is 2.10. The first kappa shape index (κ1) is 12.4. The Balaban J connectivity index is 2.48. The Bertz CT molecular complexity index is 705. The normalized spacial score (nSPS) is 10.6. The van der Waals surface area contributed by atoms with E-state index in [9.17, 15) is 14.7 Å². The molecule has 1 heterocycles. The average molecular weight is 265 g/mol. The molecule has 7 heteroatoms. The third-order valence-electron chi connectivity index (χ3n) is 2.32. The summed E-state index contributed by atoms with van der Waals surface area (Å²) in [6, 6.07) is 6.48. The molecule has 1 aromatic heterocycles. The van der Waals surface area contributed by atoms with E-state index in [1.165, 1.54) is 26.2 Å². The molecule has 0 spiro atoms. The maximum atomic E-state index is 11.8. The van der Waals surface area contributed by atoms with Gasteiger partial charge in [0.1, 0.15) is 5.75 Å². The third-order valence-corrected chi connectivity index (χ3v) is 3.26. The summed E-state index contributed by atoms with van der Waals surface area (Å²) in [5, 5.41) is 13.4. The second-order valence-electron chi connectivity index (χ2n) is 3.67. The molecule has 0 unspecified atom stereocenters. The van der Waals surface area contributed by atoms with E-state index in [0.717, 1.165) is 21.0 Å². The van der Waals surface area contributed by atoms with Crippen molar-refractivity contribution in [2.75, 3.05) is 0 Å². The van der Waals surface area contributed by atoms with Crippen LogP contribution in [0.5, 0.6) is 5.75 Å². The third kappa shape index (κ3) is 2.30. The van der Waals surface area contributed by atoms with E-state index in [-0.39, 0.29) is 10.8 Å². The highest BCUT2D eigenvalue weighted by atomic mass is 32.2. The molecular weight excluding hydrogens is 254 g/mol. The van der Waals surface area contributed by atoms with Gasteiger partial charge in [0.25, 0.3) is 5.56 Å². The highest BCUT2D eigenvalue weighted by molar-refractivity contribution is 7.99. The van der Waals surface area contributed by atoms with Gasteiger partial charge in [0.2, 0.25) is 0 Å². The van der Waals surface area contributed by atoms with E-state index >= 15 is 0 Å². The van der Waals surface area contributed by atoms with E-state index < -0.39 is 11.2 Å². The highest BCUT2D eigenvalue weighted by Gasteiger charge is 2.10. The molecule has 0 fully saturated rings. The highest BCUT2D eigenvalue weighted by Crippen LogP contribution is 2.25. The van der Waals surface area contributed by atoms with Crippen molar-refractivity contribution >= 4 is 11.8 Å². The number of aromatic hydroxyl groups is 1. The van der Waals surface area contributed by atoms with Gasteiger partial charge in [-0.3, -0.25) is 9.36 Å². The molecule has 2 rings (SSSR count). The van der Waals surface area contributed by atoms with Crippen molar-refractivity contribution in [3.8, 4) is 5.75 Å². The van der Waals surface area contributed by atoms with Crippen LogP contribution in [0, 0.1) is 0 Å². The standard InChI is InChI=1S/C11H11N3O3S/c1-13-10(16)9(12-14(2)11(13)17)18-8-5-3-4-7(15)6-8/h3-6,15H,1-2H3. The van der Waals surface area contributed by atoms with E-state index in [1.807, 2.05) is 0 Å². The molecule has 94 valence electrons. The summed E-state index contributed by atoms with van der Waals surface area (Å²) in [6.07, 6.45) is 0. The van der Waals surface area contributed by atoms with Crippen LogP contribution in [0.4, 0.5) is 0 Å². The molecule has 0 saturated carbocycles. The molecule has 0 atom stereocenters. The van der Waals surface area contributed by atoms with Crippen molar-refractivity contribution in [3.63, 3.8) is 0 Å². The van der Waals surface area contributed by atoms with Gasteiger partial charge in [-0.25, -0.2) is 9.48 Å². The largest absolute Gasteiger partial charge is 0.508 e. The lowest BCUT2D eigenvalue weighted by Crippen LogP contribution is -2.39. The van der Waals surface area contributed by atoms with Crippen LogP contribution in [0.1, 0.15) is 0 Å².